The number of anilines is 1. The maximum atomic E-state index is 11.8. The number of hydrogen-bond donors (Lipinski definition) is 1. The van der Waals surface area contributed by atoms with Gasteiger partial charge in [0, 0.05) is 5.69 Å². The van der Waals surface area contributed by atoms with Crippen molar-refractivity contribution >= 4 is 58.3 Å². The minimum atomic E-state index is -0.192. The zero-order valence-corrected chi connectivity index (χ0v) is 14.1. The summed E-state index contributed by atoms with van der Waals surface area (Å²) in [5.41, 5.74) is 0.587. The first-order valence-corrected chi connectivity index (χ1v) is 8.91. The Kier molecular flexibility index (Phi) is 6.22. The molecule has 1 N–H and O–H groups in total. The molecule has 5 nitrogen and oxygen atoms in total. The van der Waals surface area contributed by atoms with Gasteiger partial charge in [-0.25, -0.2) is 0 Å². The van der Waals surface area contributed by atoms with Gasteiger partial charge in [-0.1, -0.05) is 35.0 Å². The summed E-state index contributed by atoms with van der Waals surface area (Å²) in [5, 5.41) is 11.6. The van der Waals surface area contributed by atoms with Crippen LogP contribution in [0.4, 0.5) is 5.69 Å². The second-order valence-corrected chi connectivity index (χ2v) is 6.47. The van der Waals surface area contributed by atoms with Crippen LogP contribution in [-0.2, 0) is 10.5 Å². The summed E-state index contributed by atoms with van der Waals surface area (Å²) >= 11 is 14.5. The second kappa shape index (κ2) is 7.93. The molecule has 0 bridgehead atoms. The zero-order valence-electron chi connectivity index (χ0n) is 10.9. The van der Waals surface area contributed by atoms with Crippen molar-refractivity contribution < 1.29 is 9.21 Å². The summed E-state index contributed by atoms with van der Waals surface area (Å²) in [6, 6.07) is 4.90. The molecule has 0 aliphatic rings. The van der Waals surface area contributed by atoms with Crippen molar-refractivity contribution in [2.75, 3.05) is 17.3 Å². The molecule has 1 heterocycles. The minimum absolute atomic E-state index is 0.168. The number of thioether (sulfide) groups is 2. The standard InChI is InChI=1S/C12H11Cl2N3O2S2/c1-20-6-11-16-17-12(19-11)21-5-10(18)15-7-2-3-8(13)9(14)4-7/h2-4H,5-6H2,1H3,(H,15,18). The summed E-state index contributed by atoms with van der Waals surface area (Å²) in [6.45, 7) is 0. The molecule has 0 aliphatic carbocycles. The van der Waals surface area contributed by atoms with Crippen LogP contribution in [0.2, 0.25) is 10.0 Å². The molecule has 1 aromatic heterocycles. The molecule has 2 aromatic rings. The van der Waals surface area contributed by atoms with Crippen LogP contribution in [0.15, 0.2) is 27.8 Å². The normalized spacial score (nSPS) is 10.6. The Hall–Kier alpha value is -0.890. The lowest BCUT2D eigenvalue weighted by molar-refractivity contribution is -0.113. The highest BCUT2D eigenvalue weighted by atomic mass is 35.5. The largest absolute Gasteiger partial charge is 0.415 e. The van der Waals surface area contributed by atoms with Gasteiger partial charge in [-0.05, 0) is 24.5 Å². The number of aromatic nitrogens is 2. The quantitative estimate of drug-likeness (QED) is 0.783. The van der Waals surface area contributed by atoms with E-state index in [4.69, 9.17) is 27.6 Å². The summed E-state index contributed by atoms with van der Waals surface area (Å²) in [5.74, 6) is 1.18. The molecule has 0 radical (unpaired) electrons. The molecule has 2 rings (SSSR count). The lowest BCUT2D eigenvalue weighted by Crippen LogP contribution is -2.13. The first kappa shape index (κ1) is 16.5. The summed E-state index contributed by atoms with van der Waals surface area (Å²) in [7, 11) is 0. The van der Waals surface area contributed by atoms with Crippen molar-refractivity contribution in [3.05, 3.63) is 34.1 Å². The van der Waals surface area contributed by atoms with E-state index in [0.29, 0.717) is 32.6 Å². The van der Waals surface area contributed by atoms with Gasteiger partial charge in [0.15, 0.2) is 0 Å². The monoisotopic (exact) mass is 363 g/mol. The first-order chi connectivity index (χ1) is 10.1. The Bertz CT molecular complexity index is 637. The van der Waals surface area contributed by atoms with Crippen molar-refractivity contribution in [1.82, 2.24) is 10.2 Å². The number of nitrogens with one attached hydrogen (secondary N) is 1. The molecule has 0 spiro atoms. The molecule has 0 saturated carbocycles. The van der Waals surface area contributed by atoms with Crippen LogP contribution in [0.5, 0.6) is 0 Å². The van der Waals surface area contributed by atoms with Gasteiger partial charge >= 0.3 is 0 Å². The number of benzene rings is 1. The highest BCUT2D eigenvalue weighted by Crippen LogP contribution is 2.25. The number of carbonyl (C=O) groups is 1. The van der Waals surface area contributed by atoms with Crippen LogP contribution in [0.3, 0.4) is 0 Å². The fraction of sp³-hybridized carbons (Fsp3) is 0.250. The molecule has 0 aliphatic heterocycles. The molecule has 21 heavy (non-hydrogen) atoms. The van der Waals surface area contributed by atoms with E-state index < -0.39 is 0 Å². The van der Waals surface area contributed by atoms with Gasteiger partial charge < -0.3 is 9.73 Å². The van der Waals surface area contributed by atoms with Gasteiger partial charge in [0.2, 0.25) is 11.8 Å². The average molecular weight is 364 g/mol. The lowest BCUT2D eigenvalue weighted by atomic mass is 10.3. The third kappa shape index (κ3) is 5.10. The van der Waals surface area contributed by atoms with E-state index in [1.165, 1.54) is 11.8 Å². The third-order valence-corrected chi connectivity index (χ3v) is 4.34. The fourth-order valence-corrected chi connectivity index (χ4v) is 2.62. The molecule has 0 fully saturated rings. The van der Waals surface area contributed by atoms with Crippen LogP contribution in [0, 0.1) is 0 Å². The van der Waals surface area contributed by atoms with E-state index in [9.17, 15) is 4.79 Å². The van der Waals surface area contributed by atoms with Crippen molar-refractivity contribution in [2.24, 2.45) is 0 Å². The Balaban J connectivity index is 1.85. The molecular formula is C12H11Cl2N3O2S2. The van der Waals surface area contributed by atoms with Crippen LogP contribution in [0.25, 0.3) is 0 Å². The van der Waals surface area contributed by atoms with Crippen molar-refractivity contribution in [3.8, 4) is 0 Å². The maximum absolute atomic E-state index is 11.8. The third-order valence-electron chi connectivity index (χ3n) is 2.25. The molecule has 0 saturated heterocycles. The molecule has 1 amide bonds. The maximum Gasteiger partial charge on any atom is 0.277 e. The van der Waals surface area contributed by atoms with E-state index in [1.54, 1.807) is 30.0 Å². The van der Waals surface area contributed by atoms with Crippen LogP contribution in [-0.4, -0.2) is 28.1 Å². The lowest BCUT2D eigenvalue weighted by Gasteiger charge is -2.05. The summed E-state index contributed by atoms with van der Waals surface area (Å²) < 4.78 is 5.36. The number of carbonyl (C=O) groups excluding carboxylic acids is 1. The van der Waals surface area contributed by atoms with Gasteiger partial charge in [0.25, 0.3) is 5.22 Å². The van der Waals surface area contributed by atoms with Crippen LogP contribution in [0.1, 0.15) is 5.89 Å². The van der Waals surface area contributed by atoms with Crippen LogP contribution < -0.4 is 5.32 Å². The predicted molar refractivity (Wildman–Crippen MR) is 87.3 cm³/mol. The molecule has 112 valence electrons. The molecule has 1 aromatic carbocycles. The van der Waals surface area contributed by atoms with Gasteiger partial charge in [0.05, 0.1) is 21.6 Å². The van der Waals surface area contributed by atoms with Gasteiger partial charge in [-0.3, -0.25) is 4.79 Å². The van der Waals surface area contributed by atoms with Gasteiger partial charge in [-0.15, -0.1) is 10.2 Å². The van der Waals surface area contributed by atoms with E-state index in [1.807, 2.05) is 6.26 Å². The number of amides is 1. The average Bonchev–Trinajstić information content (AvgIpc) is 2.89. The predicted octanol–water partition coefficient (Wildman–Crippen LogP) is 3.97. The SMILES string of the molecule is CSCc1nnc(SCC(=O)Nc2ccc(Cl)c(Cl)c2)o1. The van der Waals surface area contributed by atoms with Crippen molar-refractivity contribution in [1.29, 1.82) is 0 Å². The van der Waals surface area contributed by atoms with Crippen molar-refractivity contribution in [3.63, 3.8) is 0 Å². The van der Waals surface area contributed by atoms with E-state index in [-0.39, 0.29) is 11.7 Å². The highest BCUT2D eigenvalue weighted by Gasteiger charge is 2.10. The highest BCUT2D eigenvalue weighted by molar-refractivity contribution is 7.99. The van der Waals surface area contributed by atoms with E-state index in [2.05, 4.69) is 15.5 Å². The van der Waals surface area contributed by atoms with Gasteiger partial charge in [0.1, 0.15) is 0 Å². The van der Waals surface area contributed by atoms with E-state index in [0.717, 1.165) is 0 Å². The smallest absolute Gasteiger partial charge is 0.277 e. The fourth-order valence-electron chi connectivity index (χ4n) is 1.38. The molecule has 0 atom stereocenters. The molecule has 0 unspecified atom stereocenters. The van der Waals surface area contributed by atoms with E-state index >= 15 is 0 Å². The number of rotatable bonds is 6. The summed E-state index contributed by atoms with van der Waals surface area (Å²) in [4.78, 5) is 11.8. The first-order valence-electron chi connectivity index (χ1n) is 5.77. The number of nitrogens with zero attached hydrogens (tertiary/aromatic N) is 2. The second-order valence-electron chi connectivity index (χ2n) is 3.86. The molecular weight excluding hydrogens is 353 g/mol. The Morgan fingerprint density at radius 2 is 2.14 bits per heavy atom. The number of hydrogen-bond acceptors (Lipinski definition) is 6. The van der Waals surface area contributed by atoms with Gasteiger partial charge in [-0.2, -0.15) is 11.8 Å². The number of halogens is 2. The Morgan fingerprint density at radius 1 is 1.33 bits per heavy atom. The van der Waals surface area contributed by atoms with Crippen molar-refractivity contribution in [2.45, 2.75) is 11.0 Å². The summed E-state index contributed by atoms with van der Waals surface area (Å²) in [6.07, 6.45) is 1.95. The Morgan fingerprint density at radius 3 is 2.86 bits per heavy atom. The molecule has 9 heteroatoms. The topological polar surface area (TPSA) is 68.0 Å². The minimum Gasteiger partial charge on any atom is -0.415 e. The Labute approximate surface area is 140 Å². The van der Waals surface area contributed by atoms with Crippen LogP contribution >= 0.6 is 46.7 Å². The zero-order chi connectivity index (χ0) is 15.2.